The fraction of sp³-hybridized carbons (Fsp3) is 0.409. The number of hydrogen-bond acceptors (Lipinski definition) is 2. The third-order valence-corrected chi connectivity index (χ3v) is 5.23. The van der Waals surface area contributed by atoms with E-state index in [1.807, 2.05) is 25.2 Å². The van der Waals surface area contributed by atoms with Crippen LogP contribution in [0.15, 0.2) is 59.6 Å². The van der Waals surface area contributed by atoms with Gasteiger partial charge in [-0.3, -0.25) is 9.89 Å². The van der Waals surface area contributed by atoms with Crippen molar-refractivity contribution in [1.29, 1.82) is 0 Å². The normalized spacial score (nSPS) is 15.7. The summed E-state index contributed by atoms with van der Waals surface area (Å²) in [5.41, 5.74) is 2.63. The summed E-state index contributed by atoms with van der Waals surface area (Å²) >= 11 is 6.04. The first-order valence-corrected chi connectivity index (χ1v) is 10.1. The highest BCUT2D eigenvalue weighted by Crippen LogP contribution is 2.14. The highest BCUT2D eigenvalue weighted by Gasteiger charge is 2.19. The third kappa shape index (κ3) is 7.60. The lowest BCUT2D eigenvalue weighted by atomic mass is 10.0. The average molecular weight is 513 g/mol. The van der Waals surface area contributed by atoms with Crippen molar-refractivity contribution in [2.45, 2.75) is 31.8 Å². The maximum Gasteiger partial charge on any atom is 0.191 e. The summed E-state index contributed by atoms with van der Waals surface area (Å²) < 4.78 is 0. The van der Waals surface area contributed by atoms with E-state index in [4.69, 9.17) is 11.6 Å². The molecule has 0 amide bonds. The number of likely N-dealkylation sites (tertiary alicyclic amines) is 1. The molecular weight excluding hydrogens is 483 g/mol. The van der Waals surface area contributed by atoms with Crippen molar-refractivity contribution < 1.29 is 0 Å². The van der Waals surface area contributed by atoms with Crippen LogP contribution in [0.1, 0.15) is 24.0 Å². The minimum atomic E-state index is 0. The lowest BCUT2D eigenvalue weighted by Gasteiger charge is -2.33. The number of nitrogens with zero attached hydrogens (tertiary/aromatic N) is 2. The van der Waals surface area contributed by atoms with Crippen LogP contribution in [0.4, 0.5) is 0 Å². The molecule has 0 aliphatic carbocycles. The molecule has 2 aromatic carbocycles. The molecule has 1 heterocycles. The minimum Gasteiger partial charge on any atom is -0.356 e. The van der Waals surface area contributed by atoms with Gasteiger partial charge in [0.2, 0.25) is 0 Å². The Labute approximate surface area is 190 Å². The van der Waals surface area contributed by atoms with E-state index in [1.54, 1.807) is 0 Å². The van der Waals surface area contributed by atoms with Gasteiger partial charge in [0.25, 0.3) is 0 Å². The fourth-order valence-corrected chi connectivity index (χ4v) is 3.70. The summed E-state index contributed by atoms with van der Waals surface area (Å²) in [6, 6.07) is 19.2. The number of piperidine rings is 1. The van der Waals surface area contributed by atoms with Gasteiger partial charge in [-0.25, -0.2) is 0 Å². The number of benzene rings is 2. The first kappa shape index (κ1) is 23.0. The van der Waals surface area contributed by atoms with Crippen LogP contribution < -0.4 is 10.6 Å². The van der Waals surface area contributed by atoms with Crippen LogP contribution in [0.25, 0.3) is 0 Å². The molecule has 2 N–H and O–H groups in total. The maximum absolute atomic E-state index is 6.04. The Hall–Kier alpha value is -1.31. The number of hydrogen-bond donors (Lipinski definition) is 2. The van der Waals surface area contributed by atoms with Crippen molar-refractivity contribution in [3.8, 4) is 0 Å². The molecule has 1 aliphatic heterocycles. The van der Waals surface area contributed by atoms with Gasteiger partial charge in [0.15, 0.2) is 5.96 Å². The average Bonchev–Trinajstić information content (AvgIpc) is 2.69. The SMILES string of the molecule is CN=C(NCCc1cccc(Cl)c1)NC1CCN(Cc2ccccc2)CC1.I. The standard InChI is InChI=1S/C22H29ClN4.HI/c1-24-22(25-13-10-18-8-5-9-20(23)16-18)26-21-11-14-27(15-12-21)17-19-6-3-2-4-7-19;/h2-9,16,21H,10-15,17H2,1H3,(H2,24,25,26);1H. The van der Waals surface area contributed by atoms with Crippen LogP contribution in [0.5, 0.6) is 0 Å². The van der Waals surface area contributed by atoms with Crippen molar-refractivity contribution in [1.82, 2.24) is 15.5 Å². The predicted octanol–water partition coefficient (Wildman–Crippen LogP) is 4.33. The van der Waals surface area contributed by atoms with E-state index in [9.17, 15) is 0 Å². The van der Waals surface area contributed by atoms with Crippen LogP contribution in [0.2, 0.25) is 5.02 Å². The Bertz CT molecular complexity index is 730. The van der Waals surface area contributed by atoms with Gasteiger partial charge in [0.05, 0.1) is 0 Å². The summed E-state index contributed by atoms with van der Waals surface area (Å²) in [5.74, 6) is 0.888. The van der Waals surface area contributed by atoms with E-state index >= 15 is 0 Å². The zero-order valence-electron chi connectivity index (χ0n) is 16.4. The van der Waals surface area contributed by atoms with Crippen molar-refractivity contribution in [2.24, 2.45) is 4.99 Å². The molecule has 28 heavy (non-hydrogen) atoms. The molecule has 0 saturated carbocycles. The molecule has 0 aromatic heterocycles. The molecule has 1 saturated heterocycles. The zero-order chi connectivity index (χ0) is 18.9. The first-order valence-electron chi connectivity index (χ1n) is 9.71. The molecule has 0 radical (unpaired) electrons. The van der Waals surface area contributed by atoms with Crippen LogP contribution >= 0.6 is 35.6 Å². The lowest BCUT2D eigenvalue weighted by molar-refractivity contribution is 0.198. The maximum atomic E-state index is 6.04. The van der Waals surface area contributed by atoms with Crippen molar-refractivity contribution in [3.05, 3.63) is 70.7 Å². The molecule has 0 unspecified atom stereocenters. The lowest BCUT2D eigenvalue weighted by Crippen LogP contribution is -2.48. The molecule has 1 fully saturated rings. The van der Waals surface area contributed by atoms with E-state index < -0.39 is 0 Å². The first-order chi connectivity index (χ1) is 13.2. The number of nitrogens with one attached hydrogen (secondary N) is 2. The van der Waals surface area contributed by atoms with Crippen LogP contribution in [-0.4, -0.2) is 43.6 Å². The van der Waals surface area contributed by atoms with Gasteiger partial charge in [-0.15, -0.1) is 24.0 Å². The van der Waals surface area contributed by atoms with Crippen LogP contribution in [0.3, 0.4) is 0 Å². The molecule has 1 aliphatic rings. The largest absolute Gasteiger partial charge is 0.356 e. The summed E-state index contributed by atoms with van der Waals surface area (Å²) in [6.45, 7) is 4.12. The molecule has 3 rings (SSSR count). The van der Waals surface area contributed by atoms with Gasteiger partial charge in [-0.1, -0.05) is 54.1 Å². The van der Waals surface area contributed by atoms with E-state index in [0.717, 1.165) is 56.4 Å². The van der Waals surface area contributed by atoms with E-state index in [0.29, 0.717) is 6.04 Å². The van der Waals surface area contributed by atoms with Crippen LogP contribution in [-0.2, 0) is 13.0 Å². The molecule has 0 spiro atoms. The third-order valence-electron chi connectivity index (χ3n) is 5.00. The van der Waals surface area contributed by atoms with E-state index in [1.165, 1.54) is 11.1 Å². The molecular formula is C22H30ClIN4. The second kappa shape index (κ2) is 12.3. The van der Waals surface area contributed by atoms with E-state index in [-0.39, 0.29) is 24.0 Å². The Morgan fingerprint density at radius 1 is 1.07 bits per heavy atom. The number of rotatable bonds is 6. The Kier molecular flexibility index (Phi) is 10.1. The summed E-state index contributed by atoms with van der Waals surface area (Å²) in [6.07, 6.45) is 3.21. The Morgan fingerprint density at radius 3 is 2.46 bits per heavy atom. The second-order valence-electron chi connectivity index (χ2n) is 7.06. The molecule has 6 heteroatoms. The smallest absolute Gasteiger partial charge is 0.191 e. The Balaban J connectivity index is 0.00000280. The molecule has 0 bridgehead atoms. The van der Waals surface area contributed by atoms with E-state index in [2.05, 4.69) is 56.9 Å². The monoisotopic (exact) mass is 512 g/mol. The second-order valence-corrected chi connectivity index (χ2v) is 7.50. The van der Waals surface area contributed by atoms with Gasteiger partial charge in [-0.2, -0.15) is 0 Å². The number of guanidine groups is 1. The minimum absolute atomic E-state index is 0. The van der Waals surface area contributed by atoms with Crippen molar-refractivity contribution >= 4 is 41.5 Å². The summed E-state index contributed by atoms with van der Waals surface area (Å²) in [7, 11) is 1.83. The van der Waals surface area contributed by atoms with Crippen molar-refractivity contribution in [3.63, 3.8) is 0 Å². The van der Waals surface area contributed by atoms with Gasteiger partial charge in [0, 0.05) is 44.3 Å². The van der Waals surface area contributed by atoms with Crippen molar-refractivity contribution in [2.75, 3.05) is 26.7 Å². The van der Waals surface area contributed by atoms with Gasteiger partial charge < -0.3 is 10.6 Å². The van der Waals surface area contributed by atoms with Gasteiger partial charge >= 0.3 is 0 Å². The Morgan fingerprint density at radius 2 is 1.79 bits per heavy atom. The molecule has 0 atom stereocenters. The summed E-state index contributed by atoms with van der Waals surface area (Å²) in [4.78, 5) is 6.90. The molecule has 152 valence electrons. The quantitative estimate of drug-likeness (QED) is 0.344. The molecule has 4 nitrogen and oxygen atoms in total. The molecule has 2 aromatic rings. The highest BCUT2D eigenvalue weighted by atomic mass is 127. The topological polar surface area (TPSA) is 39.7 Å². The number of halogens is 2. The van der Waals surface area contributed by atoms with Crippen LogP contribution in [0, 0.1) is 0 Å². The van der Waals surface area contributed by atoms with Gasteiger partial charge in [0.1, 0.15) is 0 Å². The van der Waals surface area contributed by atoms with Gasteiger partial charge in [-0.05, 0) is 42.5 Å². The summed E-state index contributed by atoms with van der Waals surface area (Å²) in [5, 5.41) is 7.78. The fourth-order valence-electron chi connectivity index (χ4n) is 3.48. The number of aliphatic imine (C=N–C) groups is 1. The highest BCUT2D eigenvalue weighted by molar-refractivity contribution is 14.0. The zero-order valence-corrected chi connectivity index (χ0v) is 19.5. The predicted molar refractivity (Wildman–Crippen MR) is 130 cm³/mol.